The van der Waals surface area contributed by atoms with E-state index in [2.05, 4.69) is 21.2 Å². The van der Waals surface area contributed by atoms with Gasteiger partial charge in [0.25, 0.3) is 0 Å². The molecule has 8 heteroatoms. The number of hydrogen-bond donors (Lipinski definition) is 0. The quantitative estimate of drug-likeness (QED) is 0.660. The molecule has 2 aromatic rings. The molecule has 2 aliphatic rings. The van der Waals surface area contributed by atoms with E-state index in [4.69, 9.17) is 16.3 Å². The Kier molecular flexibility index (Phi) is 6.73. The molecule has 0 saturated carbocycles. The van der Waals surface area contributed by atoms with E-state index in [1.807, 2.05) is 23.1 Å². The second kappa shape index (κ2) is 9.47. The lowest BCUT2D eigenvalue weighted by Gasteiger charge is -2.39. The number of ether oxygens (including phenoxy) is 1. The average Bonchev–Trinajstić information content (AvgIpc) is 3.24. The van der Waals surface area contributed by atoms with E-state index in [1.54, 1.807) is 17.4 Å². The van der Waals surface area contributed by atoms with Crippen LogP contribution < -0.4 is 0 Å². The second-order valence-electron chi connectivity index (χ2n) is 7.69. The molecule has 1 amide bonds. The third-order valence-electron chi connectivity index (χ3n) is 5.92. The van der Waals surface area contributed by atoms with Gasteiger partial charge < -0.3 is 9.64 Å². The maximum absolute atomic E-state index is 12.8. The van der Waals surface area contributed by atoms with Crippen LogP contribution >= 0.6 is 22.9 Å². The number of methoxy groups -OCH3 is 1. The fraction of sp³-hybridized carbons (Fsp3) is 0.455. The standard InChI is InChI=1S/C22H26ClN3O3S/c1-29-22(28)21(17-4-2-3-5-18(17)23)25-11-9-24(10-12-25)15-20(27)26-8-6-19-16(14-26)7-13-30-19/h2-5,7,13,21H,6,8-12,14-15H2,1H3/t21-/m0/s1. The number of halogens is 1. The smallest absolute Gasteiger partial charge is 0.327 e. The predicted octanol–water partition coefficient (Wildman–Crippen LogP) is 2.82. The highest BCUT2D eigenvalue weighted by atomic mass is 35.5. The monoisotopic (exact) mass is 447 g/mol. The summed E-state index contributed by atoms with van der Waals surface area (Å²) >= 11 is 8.14. The first-order valence-corrected chi connectivity index (χ1v) is 11.4. The lowest BCUT2D eigenvalue weighted by Crippen LogP contribution is -2.52. The lowest BCUT2D eigenvalue weighted by atomic mass is 10.0. The molecule has 30 heavy (non-hydrogen) atoms. The second-order valence-corrected chi connectivity index (χ2v) is 9.10. The van der Waals surface area contributed by atoms with E-state index >= 15 is 0 Å². The van der Waals surface area contributed by atoms with Gasteiger partial charge in [-0.3, -0.25) is 14.6 Å². The van der Waals surface area contributed by atoms with Crippen molar-refractivity contribution in [2.45, 2.75) is 19.0 Å². The van der Waals surface area contributed by atoms with Crippen LogP contribution in [-0.4, -0.2) is 73.0 Å². The Labute approximate surface area is 186 Å². The zero-order valence-corrected chi connectivity index (χ0v) is 18.6. The Hall–Kier alpha value is -1.93. The lowest BCUT2D eigenvalue weighted by molar-refractivity contribution is -0.148. The van der Waals surface area contributed by atoms with E-state index in [0.717, 1.165) is 31.6 Å². The van der Waals surface area contributed by atoms with Crippen molar-refractivity contribution in [3.05, 3.63) is 56.7 Å². The molecule has 0 bridgehead atoms. The largest absolute Gasteiger partial charge is 0.468 e. The molecule has 0 spiro atoms. The molecule has 160 valence electrons. The topological polar surface area (TPSA) is 53.1 Å². The summed E-state index contributed by atoms with van der Waals surface area (Å²) < 4.78 is 5.05. The van der Waals surface area contributed by atoms with Crippen molar-refractivity contribution in [3.63, 3.8) is 0 Å². The number of amides is 1. The summed E-state index contributed by atoms with van der Waals surface area (Å²) in [6, 6.07) is 8.99. The van der Waals surface area contributed by atoms with Gasteiger partial charge >= 0.3 is 5.97 Å². The summed E-state index contributed by atoms with van der Waals surface area (Å²) in [5.41, 5.74) is 2.04. The summed E-state index contributed by atoms with van der Waals surface area (Å²) in [5.74, 6) is -0.136. The maximum atomic E-state index is 12.8. The highest BCUT2D eigenvalue weighted by molar-refractivity contribution is 7.10. The molecular weight excluding hydrogens is 422 g/mol. The molecule has 1 aromatic heterocycles. The molecule has 0 N–H and O–H groups in total. The van der Waals surface area contributed by atoms with Crippen molar-refractivity contribution >= 4 is 34.8 Å². The van der Waals surface area contributed by atoms with Crippen LogP contribution in [0.25, 0.3) is 0 Å². The van der Waals surface area contributed by atoms with E-state index in [1.165, 1.54) is 17.6 Å². The van der Waals surface area contributed by atoms with Crippen molar-refractivity contribution in [3.8, 4) is 0 Å². The fourth-order valence-electron chi connectivity index (χ4n) is 4.21. The first-order valence-electron chi connectivity index (χ1n) is 10.2. The fourth-order valence-corrected chi connectivity index (χ4v) is 5.34. The molecule has 6 nitrogen and oxygen atoms in total. The Bertz CT molecular complexity index is 911. The average molecular weight is 448 g/mol. The van der Waals surface area contributed by atoms with E-state index < -0.39 is 6.04 Å². The number of carbonyl (C=O) groups excluding carboxylic acids is 2. The number of rotatable bonds is 5. The Morgan fingerprint density at radius 2 is 1.90 bits per heavy atom. The number of benzene rings is 1. The van der Waals surface area contributed by atoms with Crippen molar-refractivity contribution in [1.29, 1.82) is 0 Å². The highest BCUT2D eigenvalue weighted by Crippen LogP contribution is 2.29. The van der Waals surface area contributed by atoms with Crippen molar-refractivity contribution in [2.24, 2.45) is 0 Å². The molecule has 1 saturated heterocycles. The van der Waals surface area contributed by atoms with Gasteiger partial charge in [0.15, 0.2) is 0 Å². The molecule has 3 heterocycles. The van der Waals surface area contributed by atoms with Crippen molar-refractivity contribution < 1.29 is 14.3 Å². The number of piperazine rings is 1. The molecule has 1 aromatic carbocycles. The summed E-state index contributed by atoms with van der Waals surface area (Å²) in [6.07, 6.45) is 0.950. The zero-order chi connectivity index (χ0) is 21.1. The van der Waals surface area contributed by atoms with Gasteiger partial charge in [-0.1, -0.05) is 29.8 Å². The maximum Gasteiger partial charge on any atom is 0.327 e. The van der Waals surface area contributed by atoms with Crippen LogP contribution in [0.2, 0.25) is 5.02 Å². The Morgan fingerprint density at radius 3 is 2.63 bits per heavy atom. The van der Waals surface area contributed by atoms with Gasteiger partial charge in [-0.2, -0.15) is 0 Å². The molecule has 0 unspecified atom stereocenters. The number of carbonyl (C=O) groups is 2. The molecule has 0 aliphatic carbocycles. The van der Waals surface area contributed by atoms with Gasteiger partial charge in [0.2, 0.25) is 5.91 Å². The van der Waals surface area contributed by atoms with Gasteiger partial charge in [0.1, 0.15) is 6.04 Å². The van der Waals surface area contributed by atoms with Gasteiger partial charge in [0.05, 0.1) is 13.7 Å². The van der Waals surface area contributed by atoms with Gasteiger partial charge in [-0.15, -0.1) is 11.3 Å². The van der Waals surface area contributed by atoms with Crippen molar-refractivity contribution in [2.75, 3.05) is 46.4 Å². The number of esters is 1. The van der Waals surface area contributed by atoms with E-state index in [9.17, 15) is 9.59 Å². The minimum atomic E-state index is -0.527. The van der Waals surface area contributed by atoms with Crippen LogP contribution in [0.3, 0.4) is 0 Å². The molecule has 1 atom stereocenters. The van der Waals surface area contributed by atoms with Crippen LogP contribution in [0.5, 0.6) is 0 Å². The molecular formula is C22H26ClN3O3S. The first kappa shape index (κ1) is 21.3. The van der Waals surface area contributed by atoms with Crippen LogP contribution in [0, 0.1) is 0 Å². The van der Waals surface area contributed by atoms with Crippen LogP contribution in [0.1, 0.15) is 22.0 Å². The number of thiophene rings is 1. The minimum Gasteiger partial charge on any atom is -0.468 e. The van der Waals surface area contributed by atoms with Crippen LogP contribution in [0.15, 0.2) is 35.7 Å². The number of hydrogen-bond acceptors (Lipinski definition) is 6. The van der Waals surface area contributed by atoms with Crippen LogP contribution in [-0.2, 0) is 27.3 Å². The summed E-state index contributed by atoms with van der Waals surface area (Å²) in [5, 5.41) is 2.66. The normalized spacial score (nSPS) is 18.7. The number of fused-ring (bicyclic) bond motifs is 1. The number of nitrogens with zero attached hydrogens (tertiary/aromatic N) is 3. The summed E-state index contributed by atoms with van der Waals surface area (Å²) in [4.78, 5) is 33.0. The SMILES string of the molecule is COC(=O)[C@H](c1ccccc1Cl)N1CCN(CC(=O)N2CCc3sccc3C2)CC1. The molecule has 0 radical (unpaired) electrons. The summed E-state index contributed by atoms with van der Waals surface area (Å²) in [6.45, 7) is 4.72. The third kappa shape index (κ3) is 4.54. The Morgan fingerprint density at radius 1 is 1.13 bits per heavy atom. The molecule has 1 fully saturated rings. The predicted molar refractivity (Wildman–Crippen MR) is 118 cm³/mol. The molecule has 2 aliphatic heterocycles. The van der Waals surface area contributed by atoms with E-state index in [-0.39, 0.29) is 11.9 Å². The minimum absolute atomic E-state index is 0.177. The van der Waals surface area contributed by atoms with Gasteiger partial charge in [-0.25, -0.2) is 4.79 Å². The first-order chi connectivity index (χ1) is 14.6. The third-order valence-corrected chi connectivity index (χ3v) is 7.28. The van der Waals surface area contributed by atoms with Crippen LogP contribution in [0.4, 0.5) is 0 Å². The zero-order valence-electron chi connectivity index (χ0n) is 17.1. The van der Waals surface area contributed by atoms with Gasteiger partial charge in [-0.05, 0) is 35.1 Å². The summed E-state index contributed by atoms with van der Waals surface area (Å²) in [7, 11) is 1.40. The van der Waals surface area contributed by atoms with E-state index in [0.29, 0.717) is 31.2 Å². The molecule has 4 rings (SSSR count). The van der Waals surface area contributed by atoms with Gasteiger partial charge in [0, 0.05) is 49.2 Å². The highest BCUT2D eigenvalue weighted by Gasteiger charge is 2.33. The van der Waals surface area contributed by atoms with Crippen molar-refractivity contribution in [1.82, 2.24) is 14.7 Å². The Balaban J connectivity index is 1.35.